The first kappa shape index (κ1) is 20.8. The van der Waals surface area contributed by atoms with Gasteiger partial charge in [-0.3, -0.25) is 0 Å². The molecule has 0 fully saturated rings. The molecule has 0 spiro atoms. The molecule has 1 nitrogen and oxygen atoms in total. The molecule has 0 radical (unpaired) electrons. The van der Waals surface area contributed by atoms with E-state index in [1.54, 1.807) is 6.07 Å². The Labute approximate surface area is 145 Å². The third kappa shape index (κ3) is 7.19. The standard InChI is InChI=1S/C12H16F3N.Ca.ClH.2H/c1-3-16-9(2)7-10-5-4-6-11(8-10)12(13,14)15;;;;/h4-6,8-9,16H,3,7H2,1-2H3;;1H;;/q;+2;;2*-1. The topological polar surface area (TPSA) is 12.0 Å². The fraction of sp³-hybridized carbons (Fsp3) is 0.500. The van der Waals surface area contributed by atoms with Gasteiger partial charge in [0.2, 0.25) is 0 Å². The number of likely N-dealkylation sites (N-methyl/N-ethyl adjacent to an activating group) is 1. The van der Waals surface area contributed by atoms with Crippen molar-refractivity contribution in [3.05, 3.63) is 35.4 Å². The van der Waals surface area contributed by atoms with Crippen LogP contribution in [0.15, 0.2) is 24.3 Å². The Morgan fingerprint density at radius 2 is 1.94 bits per heavy atom. The Balaban J connectivity index is -0.000000320. The van der Waals surface area contributed by atoms with Crippen molar-refractivity contribution in [2.24, 2.45) is 0 Å². The maximum atomic E-state index is 12.4. The van der Waals surface area contributed by atoms with Crippen LogP contribution in [0.3, 0.4) is 0 Å². The van der Waals surface area contributed by atoms with Crippen LogP contribution in [-0.4, -0.2) is 50.3 Å². The average Bonchev–Trinajstić information content (AvgIpc) is 2.17. The van der Waals surface area contributed by atoms with Crippen LogP contribution in [0.2, 0.25) is 0 Å². The number of alkyl halides is 3. The van der Waals surface area contributed by atoms with Gasteiger partial charge in [0.05, 0.1) is 5.56 Å². The van der Waals surface area contributed by atoms with Crippen LogP contribution < -0.4 is 5.32 Å². The van der Waals surface area contributed by atoms with Gasteiger partial charge in [-0.25, -0.2) is 0 Å². The Morgan fingerprint density at radius 3 is 2.44 bits per heavy atom. The largest absolute Gasteiger partial charge is 2.00 e. The summed E-state index contributed by atoms with van der Waals surface area (Å²) in [5.74, 6) is 0. The van der Waals surface area contributed by atoms with Gasteiger partial charge in [-0.05, 0) is 31.5 Å². The van der Waals surface area contributed by atoms with E-state index in [1.807, 2.05) is 13.8 Å². The zero-order valence-electron chi connectivity index (χ0n) is 12.6. The molecule has 1 unspecified atom stereocenters. The molecule has 0 aliphatic rings. The van der Waals surface area contributed by atoms with Gasteiger partial charge in [0.25, 0.3) is 0 Å². The van der Waals surface area contributed by atoms with Gasteiger partial charge in [0.1, 0.15) is 0 Å². The summed E-state index contributed by atoms with van der Waals surface area (Å²) in [6, 6.07) is 5.68. The Hall–Kier alpha value is 0.520. The summed E-state index contributed by atoms with van der Waals surface area (Å²) in [5.41, 5.74) is 0.136. The minimum atomic E-state index is -4.25. The second-order valence-electron chi connectivity index (χ2n) is 3.86. The Kier molecular flexibility index (Phi) is 10.9. The molecular formula is C12H19CaClF3N. The zero-order valence-corrected chi connectivity index (χ0v) is 13.6. The molecule has 0 bridgehead atoms. The van der Waals surface area contributed by atoms with E-state index < -0.39 is 11.7 Å². The SMILES string of the molecule is CCNC(C)Cc1cccc(C(F)(F)F)c1.Cl.[Ca+2].[H-].[H-]. The van der Waals surface area contributed by atoms with Gasteiger partial charge < -0.3 is 8.17 Å². The van der Waals surface area contributed by atoms with Crippen LogP contribution in [0.4, 0.5) is 13.2 Å². The number of benzene rings is 1. The number of hydrogen-bond donors (Lipinski definition) is 1. The summed E-state index contributed by atoms with van der Waals surface area (Å²) in [7, 11) is 0. The van der Waals surface area contributed by atoms with Gasteiger partial charge in [-0.15, -0.1) is 12.4 Å². The second-order valence-corrected chi connectivity index (χ2v) is 3.86. The fourth-order valence-electron chi connectivity index (χ4n) is 1.65. The van der Waals surface area contributed by atoms with Crippen LogP contribution in [0.25, 0.3) is 0 Å². The number of nitrogens with one attached hydrogen (secondary N) is 1. The van der Waals surface area contributed by atoms with E-state index in [-0.39, 0.29) is 59.0 Å². The van der Waals surface area contributed by atoms with E-state index in [0.29, 0.717) is 12.0 Å². The van der Waals surface area contributed by atoms with E-state index in [1.165, 1.54) is 12.1 Å². The van der Waals surface area contributed by atoms with Crippen molar-refractivity contribution in [3.63, 3.8) is 0 Å². The van der Waals surface area contributed by atoms with E-state index in [2.05, 4.69) is 5.32 Å². The average molecular weight is 310 g/mol. The van der Waals surface area contributed by atoms with E-state index in [9.17, 15) is 13.2 Å². The maximum Gasteiger partial charge on any atom is 2.00 e. The van der Waals surface area contributed by atoms with Gasteiger partial charge in [-0.2, -0.15) is 13.2 Å². The van der Waals surface area contributed by atoms with Crippen LogP contribution in [-0.2, 0) is 12.6 Å². The van der Waals surface area contributed by atoms with Crippen LogP contribution in [0.5, 0.6) is 0 Å². The van der Waals surface area contributed by atoms with Crippen LogP contribution >= 0.6 is 12.4 Å². The van der Waals surface area contributed by atoms with Crippen molar-refractivity contribution >= 4 is 50.1 Å². The van der Waals surface area contributed by atoms with Crippen molar-refractivity contribution in [1.82, 2.24) is 5.32 Å². The van der Waals surface area contributed by atoms with Gasteiger partial charge >= 0.3 is 43.9 Å². The molecule has 0 aliphatic heterocycles. The quantitative estimate of drug-likeness (QED) is 0.839. The first-order valence-electron chi connectivity index (χ1n) is 5.33. The van der Waals surface area contributed by atoms with E-state index in [4.69, 9.17) is 0 Å². The zero-order chi connectivity index (χ0) is 12.2. The van der Waals surface area contributed by atoms with Crippen molar-refractivity contribution in [2.75, 3.05) is 6.54 Å². The summed E-state index contributed by atoms with van der Waals surface area (Å²) < 4.78 is 37.3. The van der Waals surface area contributed by atoms with Gasteiger partial charge in [0.15, 0.2) is 0 Å². The normalized spacial score (nSPS) is 12.3. The van der Waals surface area contributed by atoms with Crippen molar-refractivity contribution in [1.29, 1.82) is 0 Å². The minimum absolute atomic E-state index is 0. The molecule has 0 saturated carbocycles. The summed E-state index contributed by atoms with van der Waals surface area (Å²) >= 11 is 0. The third-order valence-corrected chi connectivity index (χ3v) is 2.35. The van der Waals surface area contributed by atoms with E-state index >= 15 is 0 Å². The molecule has 6 heteroatoms. The summed E-state index contributed by atoms with van der Waals surface area (Å²) in [6.45, 7) is 4.76. The molecule has 0 heterocycles. The van der Waals surface area contributed by atoms with Gasteiger partial charge in [-0.1, -0.05) is 25.1 Å². The molecule has 1 aromatic carbocycles. The molecule has 0 aromatic heterocycles. The molecule has 0 amide bonds. The second kappa shape index (κ2) is 9.43. The molecule has 1 atom stereocenters. The molecule has 0 aliphatic carbocycles. The summed E-state index contributed by atoms with van der Waals surface area (Å²) in [4.78, 5) is 0. The summed E-state index contributed by atoms with van der Waals surface area (Å²) in [6.07, 6.45) is -3.64. The number of hydrogen-bond acceptors (Lipinski definition) is 1. The first-order valence-corrected chi connectivity index (χ1v) is 5.33. The number of halogens is 4. The minimum Gasteiger partial charge on any atom is -1.00 e. The molecule has 18 heavy (non-hydrogen) atoms. The molecule has 0 saturated heterocycles. The fourth-order valence-corrected chi connectivity index (χ4v) is 1.65. The molecule has 1 aromatic rings. The van der Waals surface area contributed by atoms with Gasteiger partial charge in [0, 0.05) is 6.04 Å². The molecule has 102 valence electrons. The molecular weight excluding hydrogens is 291 g/mol. The van der Waals surface area contributed by atoms with Crippen molar-refractivity contribution < 1.29 is 16.0 Å². The monoisotopic (exact) mass is 309 g/mol. The van der Waals surface area contributed by atoms with Crippen LogP contribution in [0.1, 0.15) is 27.8 Å². The number of rotatable bonds is 4. The predicted molar refractivity (Wildman–Crippen MR) is 73.5 cm³/mol. The van der Waals surface area contributed by atoms with E-state index in [0.717, 1.165) is 12.6 Å². The van der Waals surface area contributed by atoms with Crippen molar-refractivity contribution in [3.8, 4) is 0 Å². The smallest absolute Gasteiger partial charge is 1.00 e. The first-order chi connectivity index (χ1) is 7.43. The third-order valence-electron chi connectivity index (χ3n) is 2.35. The van der Waals surface area contributed by atoms with Crippen molar-refractivity contribution in [2.45, 2.75) is 32.5 Å². The Bertz CT molecular complexity index is 354. The molecule has 1 rings (SSSR count). The molecule has 1 N–H and O–H groups in total. The van der Waals surface area contributed by atoms with Crippen LogP contribution in [0, 0.1) is 0 Å². The Morgan fingerprint density at radius 1 is 1.33 bits per heavy atom. The summed E-state index contributed by atoms with van der Waals surface area (Å²) in [5, 5.41) is 3.17. The maximum absolute atomic E-state index is 12.4. The predicted octanol–water partition coefficient (Wildman–Crippen LogP) is 3.51.